The van der Waals surface area contributed by atoms with Crippen molar-refractivity contribution in [1.29, 1.82) is 0 Å². The molecule has 1 fully saturated rings. The van der Waals surface area contributed by atoms with Crippen molar-refractivity contribution in [3.63, 3.8) is 0 Å². The van der Waals surface area contributed by atoms with Gasteiger partial charge in [-0.2, -0.15) is 13.2 Å². The standard InChI is InChI=1S/C19H20F3NO2/c1-13(14-6-7-14)23(12-19(20,21)22)18(24)11-25-17-9-8-15-4-2-3-5-16(15)10-17/h2-5,8-10,13-14H,6-7,11-12H2,1H3/t13-/m1/s1. The van der Waals surface area contributed by atoms with E-state index in [4.69, 9.17) is 4.74 Å². The van der Waals surface area contributed by atoms with Gasteiger partial charge in [-0.1, -0.05) is 30.3 Å². The second-order valence-corrected chi connectivity index (χ2v) is 6.51. The summed E-state index contributed by atoms with van der Waals surface area (Å²) in [6.45, 7) is 0.0490. The predicted octanol–water partition coefficient (Wildman–Crippen LogP) is 4.41. The molecule has 0 unspecified atom stereocenters. The first-order valence-electron chi connectivity index (χ1n) is 8.31. The lowest BCUT2D eigenvalue weighted by atomic mass is 10.1. The lowest BCUT2D eigenvalue weighted by molar-refractivity contribution is -0.167. The zero-order valence-electron chi connectivity index (χ0n) is 13.9. The van der Waals surface area contributed by atoms with Gasteiger partial charge < -0.3 is 9.64 Å². The summed E-state index contributed by atoms with van der Waals surface area (Å²) in [6.07, 6.45) is -2.68. The van der Waals surface area contributed by atoms with Crippen LogP contribution in [0, 0.1) is 5.92 Å². The maximum Gasteiger partial charge on any atom is 0.406 e. The van der Waals surface area contributed by atoms with E-state index < -0.39 is 31.3 Å². The van der Waals surface area contributed by atoms with E-state index in [1.165, 1.54) is 0 Å². The number of rotatable bonds is 6. The van der Waals surface area contributed by atoms with Crippen molar-refractivity contribution < 1.29 is 22.7 Å². The summed E-state index contributed by atoms with van der Waals surface area (Å²) in [5.74, 6) is -0.00469. The van der Waals surface area contributed by atoms with E-state index in [0.29, 0.717) is 5.75 Å². The van der Waals surface area contributed by atoms with Gasteiger partial charge in [0, 0.05) is 6.04 Å². The summed E-state index contributed by atoms with van der Waals surface area (Å²) in [5.41, 5.74) is 0. The van der Waals surface area contributed by atoms with Crippen molar-refractivity contribution in [3.8, 4) is 5.75 Å². The number of alkyl halides is 3. The highest BCUT2D eigenvalue weighted by Crippen LogP contribution is 2.36. The number of nitrogens with zero attached hydrogens (tertiary/aromatic N) is 1. The van der Waals surface area contributed by atoms with E-state index in [0.717, 1.165) is 28.5 Å². The minimum absolute atomic E-state index is 0.159. The summed E-state index contributed by atoms with van der Waals surface area (Å²) < 4.78 is 43.9. The van der Waals surface area contributed by atoms with Gasteiger partial charge in [0.25, 0.3) is 5.91 Å². The van der Waals surface area contributed by atoms with E-state index >= 15 is 0 Å². The molecule has 1 aliphatic carbocycles. The third-order valence-corrected chi connectivity index (χ3v) is 4.55. The quantitative estimate of drug-likeness (QED) is 0.772. The van der Waals surface area contributed by atoms with Crippen LogP contribution in [0.25, 0.3) is 10.8 Å². The minimum Gasteiger partial charge on any atom is -0.484 e. The highest BCUT2D eigenvalue weighted by Gasteiger charge is 2.40. The zero-order chi connectivity index (χ0) is 18.0. The molecule has 25 heavy (non-hydrogen) atoms. The lowest BCUT2D eigenvalue weighted by Gasteiger charge is -2.30. The summed E-state index contributed by atoms with van der Waals surface area (Å²) in [7, 11) is 0. The maximum atomic E-state index is 12.8. The fourth-order valence-electron chi connectivity index (χ4n) is 2.97. The second kappa shape index (κ2) is 6.94. The normalized spacial score (nSPS) is 15.8. The first kappa shape index (κ1) is 17.6. The monoisotopic (exact) mass is 351 g/mol. The molecule has 0 aromatic heterocycles. The van der Waals surface area contributed by atoms with E-state index in [9.17, 15) is 18.0 Å². The van der Waals surface area contributed by atoms with Crippen LogP contribution in [-0.4, -0.2) is 36.2 Å². The smallest absolute Gasteiger partial charge is 0.406 e. The Balaban J connectivity index is 1.67. The van der Waals surface area contributed by atoms with E-state index in [-0.39, 0.29) is 5.92 Å². The fraction of sp³-hybridized carbons (Fsp3) is 0.421. The van der Waals surface area contributed by atoms with Gasteiger partial charge in [-0.15, -0.1) is 0 Å². The SMILES string of the molecule is C[C@H](C1CC1)N(CC(F)(F)F)C(=O)COc1ccc2ccccc2c1. The van der Waals surface area contributed by atoms with E-state index in [2.05, 4.69) is 0 Å². The maximum absolute atomic E-state index is 12.8. The van der Waals surface area contributed by atoms with Crippen molar-refractivity contribution in [2.45, 2.75) is 32.0 Å². The second-order valence-electron chi connectivity index (χ2n) is 6.51. The fourth-order valence-corrected chi connectivity index (χ4v) is 2.97. The Bertz CT molecular complexity index is 756. The van der Waals surface area contributed by atoms with Gasteiger partial charge in [0.1, 0.15) is 12.3 Å². The van der Waals surface area contributed by atoms with Crippen LogP contribution in [0.15, 0.2) is 42.5 Å². The highest BCUT2D eigenvalue weighted by molar-refractivity contribution is 5.84. The number of halogens is 3. The van der Waals surface area contributed by atoms with Gasteiger partial charge >= 0.3 is 6.18 Å². The Morgan fingerprint density at radius 3 is 2.52 bits per heavy atom. The Morgan fingerprint density at radius 1 is 1.20 bits per heavy atom. The van der Waals surface area contributed by atoms with E-state index in [1.807, 2.05) is 30.3 Å². The molecule has 0 heterocycles. The number of fused-ring (bicyclic) bond motifs is 1. The van der Waals surface area contributed by atoms with Crippen LogP contribution < -0.4 is 4.74 Å². The van der Waals surface area contributed by atoms with Crippen LogP contribution >= 0.6 is 0 Å². The molecule has 0 spiro atoms. The number of benzene rings is 2. The Labute approximate surface area is 144 Å². The topological polar surface area (TPSA) is 29.5 Å². The molecule has 0 bridgehead atoms. The van der Waals surface area contributed by atoms with Crippen molar-refractivity contribution in [1.82, 2.24) is 4.90 Å². The molecule has 3 rings (SSSR count). The molecule has 1 saturated carbocycles. The first-order valence-corrected chi connectivity index (χ1v) is 8.31. The number of hydrogen-bond acceptors (Lipinski definition) is 2. The van der Waals surface area contributed by atoms with Crippen molar-refractivity contribution in [3.05, 3.63) is 42.5 Å². The number of carbonyl (C=O) groups is 1. The summed E-state index contributed by atoms with van der Waals surface area (Å²) >= 11 is 0. The van der Waals surface area contributed by atoms with Crippen molar-refractivity contribution in [2.24, 2.45) is 5.92 Å². The molecular weight excluding hydrogens is 331 g/mol. The third kappa shape index (κ3) is 4.65. The molecule has 1 amide bonds. The molecule has 0 aliphatic heterocycles. The third-order valence-electron chi connectivity index (χ3n) is 4.55. The molecular formula is C19H20F3NO2. The van der Waals surface area contributed by atoms with Crippen LogP contribution in [0.1, 0.15) is 19.8 Å². The predicted molar refractivity (Wildman–Crippen MR) is 89.4 cm³/mol. The molecule has 0 radical (unpaired) electrons. The van der Waals surface area contributed by atoms with Gasteiger partial charge in [0.15, 0.2) is 6.61 Å². The number of carbonyl (C=O) groups excluding carboxylic acids is 1. The first-order chi connectivity index (χ1) is 11.8. The highest BCUT2D eigenvalue weighted by atomic mass is 19.4. The van der Waals surface area contributed by atoms with Crippen molar-refractivity contribution >= 4 is 16.7 Å². The summed E-state index contributed by atoms with van der Waals surface area (Å²) in [5, 5.41) is 1.98. The van der Waals surface area contributed by atoms with Crippen LogP contribution in [0.2, 0.25) is 0 Å². The molecule has 2 aromatic rings. The summed E-state index contributed by atoms with van der Waals surface area (Å²) in [4.78, 5) is 13.2. The summed E-state index contributed by atoms with van der Waals surface area (Å²) in [6, 6.07) is 12.6. The molecule has 134 valence electrons. The van der Waals surface area contributed by atoms with Gasteiger partial charge in [0.2, 0.25) is 0 Å². The Kier molecular flexibility index (Phi) is 4.88. The molecule has 6 heteroatoms. The zero-order valence-corrected chi connectivity index (χ0v) is 13.9. The molecule has 3 nitrogen and oxygen atoms in total. The van der Waals surface area contributed by atoms with E-state index in [1.54, 1.807) is 19.1 Å². The number of ether oxygens (including phenoxy) is 1. The van der Waals surface area contributed by atoms with Gasteiger partial charge in [-0.05, 0) is 48.6 Å². The van der Waals surface area contributed by atoms with Crippen LogP contribution in [0.5, 0.6) is 5.75 Å². The van der Waals surface area contributed by atoms with Gasteiger partial charge in [-0.3, -0.25) is 4.79 Å². The molecule has 0 N–H and O–H groups in total. The van der Waals surface area contributed by atoms with Gasteiger partial charge in [-0.25, -0.2) is 0 Å². The van der Waals surface area contributed by atoms with Gasteiger partial charge in [0.05, 0.1) is 0 Å². The average Bonchev–Trinajstić information content (AvgIpc) is 3.41. The molecule has 1 atom stereocenters. The lowest BCUT2D eigenvalue weighted by Crippen LogP contribution is -2.47. The molecule has 0 saturated heterocycles. The largest absolute Gasteiger partial charge is 0.484 e. The van der Waals surface area contributed by atoms with Crippen LogP contribution in [-0.2, 0) is 4.79 Å². The van der Waals surface area contributed by atoms with Crippen molar-refractivity contribution in [2.75, 3.05) is 13.2 Å². The average molecular weight is 351 g/mol. The number of hydrogen-bond donors (Lipinski definition) is 0. The van der Waals surface area contributed by atoms with Crippen LogP contribution in [0.4, 0.5) is 13.2 Å². The van der Waals surface area contributed by atoms with Crippen LogP contribution in [0.3, 0.4) is 0 Å². The Hall–Kier alpha value is -2.24. The number of amides is 1. The minimum atomic E-state index is -4.41. The molecule has 1 aliphatic rings. The molecule has 2 aromatic carbocycles. The Morgan fingerprint density at radius 2 is 1.88 bits per heavy atom.